The zero-order chi connectivity index (χ0) is 15.2. The third kappa shape index (κ3) is 5.21. The second kappa shape index (κ2) is 7.29. The van der Waals surface area contributed by atoms with Crippen LogP contribution in [0.4, 0.5) is 0 Å². The van der Waals surface area contributed by atoms with E-state index < -0.39 is 0 Å². The summed E-state index contributed by atoms with van der Waals surface area (Å²) >= 11 is 0. The first-order chi connectivity index (χ1) is 9.35. The fourth-order valence-corrected chi connectivity index (χ4v) is 1.59. The molecule has 112 valence electrons. The summed E-state index contributed by atoms with van der Waals surface area (Å²) in [5.41, 5.74) is 0.947. The lowest BCUT2D eigenvalue weighted by Gasteiger charge is -2.32. The van der Waals surface area contributed by atoms with Gasteiger partial charge in [0.25, 0.3) is 0 Å². The van der Waals surface area contributed by atoms with Crippen LogP contribution in [0.25, 0.3) is 0 Å². The van der Waals surface area contributed by atoms with Crippen LogP contribution in [0.15, 0.2) is 24.3 Å². The molecule has 4 nitrogen and oxygen atoms in total. The van der Waals surface area contributed by atoms with Gasteiger partial charge < -0.3 is 15.0 Å². The summed E-state index contributed by atoms with van der Waals surface area (Å²) in [7, 11) is 4.03. The molecule has 4 heteroatoms. The number of amides is 1. The molecule has 0 aliphatic rings. The number of benzene rings is 1. The van der Waals surface area contributed by atoms with E-state index in [0.29, 0.717) is 19.6 Å². The highest BCUT2D eigenvalue weighted by Gasteiger charge is 2.20. The Morgan fingerprint density at radius 3 is 2.35 bits per heavy atom. The van der Waals surface area contributed by atoms with Gasteiger partial charge in [-0.3, -0.25) is 4.79 Å². The molecule has 0 saturated carbocycles. The summed E-state index contributed by atoms with van der Waals surface area (Å²) < 4.78 is 5.38. The number of hydrogen-bond donors (Lipinski definition) is 1. The molecular formula is C16H26N2O2. The van der Waals surface area contributed by atoms with Gasteiger partial charge in [-0.05, 0) is 52.6 Å². The SMILES string of the molecule is CCOc1ccc(CC(=O)NCC(C)(C)N(C)C)cc1. The molecule has 0 radical (unpaired) electrons. The Hall–Kier alpha value is -1.55. The van der Waals surface area contributed by atoms with Gasteiger partial charge in [0.05, 0.1) is 13.0 Å². The molecule has 1 aromatic rings. The summed E-state index contributed by atoms with van der Waals surface area (Å²) in [6.45, 7) is 7.44. The molecule has 1 N–H and O–H groups in total. The van der Waals surface area contributed by atoms with Crippen molar-refractivity contribution in [3.8, 4) is 5.75 Å². The van der Waals surface area contributed by atoms with Crippen LogP contribution < -0.4 is 10.1 Å². The van der Waals surface area contributed by atoms with Gasteiger partial charge >= 0.3 is 0 Å². The van der Waals surface area contributed by atoms with Gasteiger partial charge in [0, 0.05) is 12.1 Å². The van der Waals surface area contributed by atoms with Crippen molar-refractivity contribution in [2.45, 2.75) is 32.7 Å². The molecule has 0 unspecified atom stereocenters. The van der Waals surface area contributed by atoms with E-state index in [0.717, 1.165) is 11.3 Å². The lowest BCUT2D eigenvalue weighted by atomic mass is 10.0. The summed E-state index contributed by atoms with van der Waals surface area (Å²) in [5, 5.41) is 2.98. The number of rotatable bonds is 7. The van der Waals surface area contributed by atoms with E-state index in [1.165, 1.54) is 0 Å². The van der Waals surface area contributed by atoms with Crippen LogP contribution in [0.5, 0.6) is 5.75 Å². The van der Waals surface area contributed by atoms with Crippen molar-refractivity contribution in [3.63, 3.8) is 0 Å². The van der Waals surface area contributed by atoms with Gasteiger partial charge in [0.1, 0.15) is 5.75 Å². The van der Waals surface area contributed by atoms with Crippen LogP contribution in [0, 0.1) is 0 Å². The maximum atomic E-state index is 11.9. The summed E-state index contributed by atoms with van der Waals surface area (Å²) in [6, 6.07) is 7.66. The Morgan fingerprint density at radius 1 is 1.25 bits per heavy atom. The van der Waals surface area contributed by atoms with E-state index in [1.54, 1.807) is 0 Å². The lowest BCUT2D eigenvalue weighted by molar-refractivity contribution is -0.120. The molecule has 20 heavy (non-hydrogen) atoms. The monoisotopic (exact) mass is 278 g/mol. The van der Waals surface area contributed by atoms with Gasteiger partial charge in [-0.2, -0.15) is 0 Å². The molecule has 0 bridgehead atoms. The first kappa shape index (κ1) is 16.5. The Bertz CT molecular complexity index is 425. The van der Waals surface area contributed by atoms with Gasteiger partial charge in [-0.15, -0.1) is 0 Å². The molecule has 0 saturated heterocycles. The number of ether oxygens (including phenoxy) is 1. The fraction of sp³-hybridized carbons (Fsp3) is 0.562. The first-order valence-electron chi connectivity index (χ1n) is 7.01. The second-order valence-electron chi connectivity index (χ2n) is 5.74. The number of nitrogens with one attached hydrogen (secondary N) is 1. The van der Waals surface area contributed by atoms with Crippen LogP contribution in [0.3, 0.4) is 0 Å². The number of likely N-dealkylation sites (N-methyl/N-ethyl adjacent to an activating group) is 1. The van der Waals surface area contributed by atoms with Crippen LogP contribution in [-0.4, -0.2) is 43.6 Å². The lowest BCUT2D eigenvalue weighted by Crippen LogP contribution is -2.48. The standard InChI is InChI=1S/C16H26N2O2/c1-6-20-14-9-7-13(8-10-14)11-15(19)17-12-16(2,3)18(4)5/h7-10H,6,11-12H2,1-5H3,(H,17,19). The predicted octanol–water partition coefficient (Wildman–Crippen LogP) is 2.08. The fourth-order valence-electron chi connectivity index (χ4n) is 1.59. The van der Waals surface area contributed by atoms with Crippen molar-refractivity contribution >= 4 is 5.91 Å². The molecule has 1 rings (SSSR count). The molecule has 0 fully saturated rings. The zero-order valence-electron chi connectivity index (χ0n) is 13.2. The van der Waals surface area contributed by atoms with Crippen molar-refractivity contribution in [1.82, 2.24) is 10.2 Å². The molecule has 0 aromatic heterocycles. The van der Waals surface area contributed by atoms with Crippen LogP contribution in [-0.2, 0) is 11.2 Å². The highest BCUT2D eigenvalue weighted by Crippen LogP contribution is 2.13. The van der Waals surface area contributed by atoms with Gasteiger partial charge in [0.15, 0.2) is 0 Å². The molecule has 1 amide bonds. The Labute approximate surface area is 122 Å². The molecule has 0 heterocycles. The Kier molecular flexibility index (Phi) is 6.02. The third-order valence-electron chi connectivity index (χ3n) is 3.53. The maximum absolute atomic E-state index is 11.9. The molecule has 0 atom stereocenters. The minimum atomic E-state index is -0.0471. The van der Waals surface area contributed by atoms with Crippen LogP contribution >= 0.6 is 0 Å². The summed E-state index contributed by atoms with van der Waals surface area (Å²) in [6.07, 6.45) is 0.399. The molecule has 0 aliphatic heterocycles. The van der Waals surface area contributed by atoms with E-state index in [1.807, 2.05) is 45.3 Å². The number of hydrogen-bond acceptors (Lipinski definition) is 3. The number of nitrogens with zero attached hydrogens (tertiary/aromatic N) is 1. The van der Waals surface area contributed by atoms with Gasteiger partial charge in [0.2, 0.25) is 5.91 Å². The largest absolute Gasteiger partial charge is 0.494 e. The smallest absolute Gasteiger partial charge is 0.224 e. The Balaban J connectivity index is 2.46. The number of carbonyl (C=O) groups is 1. The highest BCUT2D eigenvalue weighted by molar-refractivity contribution is 5.78. The highest BCUT2D eigenvalue weighted by atomic mass is 16.5. The minimum Gasteiger partial charge on any atom is -0.494 e. The predicted molar refractivity (Wildman–Crippen MR) is 82.1 cm³/mol. The second-order valence-corrected chi connectivity index (χ2v) is 5.74. The van der Waals surface area contributed by atoms with Crippen molar-refractivity contribution in [3.05, 3.63) is 29.8 Å². The van der Waals surface area contributed by atoms with Crippen molar-refractivity contribution in [1.29, 1.82) is 0 Å². The third-order valence-corrected chi connectivity index (χ3v) is 3.53. The topological polar surface area (TPSA) is 41.6 Å². The van der Waals surface area contributed by atoms with Gasteiger partial charge in [-0.25, -0.2) is 0 Å². The Morgan fingerprint density at radius 2 is 1.85 bits per heavy atom. The zero-order valence-corrected chi connectivity index (χ0v) is 13.2. The van der Waals surface area contributed by atoms with E-state index in [4.69, 9.17) is 4.74 Å². The first-order valence-corrected chi connectivity index (χ1v) is 7.01. The van der Waals surface area contributed by atoms with Crippen molar-refractivity contribution in [2.75, 3.05) is 27.2 Å². The molecule has 0 spiro atoms. The van der Waals surface area contributed by atoms with E-state index >= 15 is 0 Å². The van der Waals surface area contributed by atoms with E-state index in [9.17, 15) is 4.79 Å². The minimum absolute atomic E-state index is 0.0454. The molecule has 1 aromatic carbocycles. The van der Waals surface area contributed by atoms with E-state index in [2.05, 4.69) is 24.1 Å². The normalized spacial score (nSPS) is 11.5. The van der Waals surface area contributed by atoms with Crippen molar-refractivity contribution in [2.24, 2.45) is 0 Å². The molecule has 0 aliphatic carbocycles. The van der Waals surface area contributed by atoms with Crippen LogP contribution in [0.1, 0.15) is 26.3 Å². The van der Waals surface area contributed by atoms with Gasteiger partial charge in [-0.1, -0.05) is 12.1 Å². The summed E-state index contributed by atoms with van der Waals surface area (Å²) in [4.78, 5) is 14.0. The maximum Gasteiger partial charge on any atom is 0.224 e. The average molecular weight is 278 g/mol. The van der Waals surface area contributed by atoms with Crippen LogP contribution in [0.2, 0.25) is 0 Å². The summed E-state index contributed by atoms with van der Waals surface area (Å²) in [5.74, 6) is 0.884. The van der Waals surface area contributed by atoms with Crippen molar-refractivity contribution < 1.29 is 9.53 Å². The molecular weight excluding hydrogens is 252 g/mol. The average Bonchev–Trinajstić information content (AvgIpc) is 2.39. The quantitative estimate of drug-likeness (QED) is 0.830. The van der Waals surface area contributed by atoms with E-state index in [-0.39, 0.29) is 11.4 Å². The number of carbonyl (C=O) groups excluding carboxylic acids is 1.